The highest BCUT2D eigenvalue weighted by Gasteiger charge is 2.18. The highest BCUT2D eigenvalue weighted by Crippen LogP contribution is 1.99. The van der Waals surface area contributed by atoms with Crippen LogP contribution in [0.5, 0.6) is 0 Å². The summed E-state index contributed by atoms with van der Waals surface area (Å²) in [7, 11) is 1.55. The minimum absolute atomic E-state index is 0.0638. The number of rotatable bonds is 5. The fourth-order valence-corrected chi connectivity index (χ4v) is 0.674. The summed E-state index contributed by atoms with van der Waals surface area (Å²) in [6, 6.07) is 0. The number of amides is 1. The Labute approximate surface area is 72.9 Å². The summed E-state index contributed by atoms with van der Waals surface area (Å²) in [5.41, 5.74) is -0.537. The number of carbonyl (C=O) groups excluding carboxylic acids is 1. The molecule has 0 atom stereocenters. The van der Waals surface area contributed by atoms with Gasteiger partial charge in [-0.25, -0.2) is 0 Å². The van der Waals surface area contributed by atoms with E-state index in [1.807, 2.05) is 0 Å². The summed E-state index contributed by atoms with van der Waals surface area (Å²) >= 11 is 0. The molecule has 0 aromatic carbocycles. The maximum absolute atomic E-state index is 11.1. The van der Waals surface area contributed by atoms with Gasteiger partial charge in [-0.05, 0) is 13.8 Å². The predicted molar refractivity (Wildman–Crippen MR) is 45.8 cm³/mol. The smallest absolute Gasteiger partial charge is 0.222 e. The zero-order valence-corrected chi connectivity index (χ0v) is 7.89. The zero-order chi connectivity index (χ0) is 9.61. The molecule has 2 N–H and O–H groups in total. The van der Waals surface area contributed by atoms with E-state index in [1.54, 1.807) is 21.0 Å². The van der Waals surface area contributed by atoms with Gasteiger partial charge in [-0.15, -0.1) is 0 Å². The van der Waals surface area contributed by atoms with Gasteiger partial charge in [0.1, 0.15) is 0 Å². The van der Waals surface area contributed by atoms with Crippen LogP contribution in [0.3, 0.4) is 0 Å². The lowest BCUT2D eigenvalue weighted by atomic mass is 10.1. The van der Waals surface area contributed by atoms with Crippen molar-refractivity contribution in [2.24, 2.45) is 0 Å². The van der Waals surface area contributed by atoms with Crippen molar-refractivity contribution in [1.82, 2.24) is 5.32 Å². The van der Waals surface area contributed by atoms with Gasteiger partial charge in [-0.1, -0.05) is 0 Å². The van der Waals surface area contributed by atoms with Gasteiger partial charge in [-0.2, -0.15) is 0 Å². The standard InChI is InChI=1S/C8H17NO3/c1-8(2,6-10)9-7(11)4-5-12-3/h10H,4-6H2,1-3H3,(H,9,11). The molecule has 0 aromatic rings. The Balaban J connectivity index is 3.68. The first kappa shape index (κ1) is 11.4. The van der Waals surface area contributed by atoms with Gasteiger partial charge >= 0.3 is 0 Å². The molecule has 1 amide bonds. The molecule has 0 saturated heterocycles. The molecule has 0 aromatic heterocycles. The fourth-order valence-electron chi connectivity index (χ4n) is 0.674. The van der Waals surface area contributed by atoms with Crippen molar-refractivity contribution in [1.29, 1.82) is 0 Å². The fraction of sp³-hybridized carbons (Fsp3) is 0.875. The number of methoxy groups -OCH3 is 1. The Morgan fingerprint density at radius 1 is 1.58 bits per heavy atom. The molecule has 4 nitrogen and oxygen atoms in total. The molecule has 0 fully saturated rings. The van der Waals surface area contributed by atoms with E-state index in [0.717, 1.165) is 0 Å². The maximum atomic E-state index is 11.1. The summed E-state index contributed by atoms with van der Waals surface area (Å²) in [6.07, 6.45) is 0.333. The normalized spacial score (nSPS) is 11.3. The average molecular weight is 175 g/mol. The van der Waals surface area contributed by atoms with E-state index in [0.29, 0.717) is 13.0 Å². The van der Waals surface area contributed by atoms with Gasteiger partial charge in [0.05, 0.1) is 18.8 Å². The summed E-state index contributed by atoms with van der Waals surface area (Å²) in [5, 5.41) is 11.5. The summed E-state index contributed by atoms with van der Waals surface area (Å²) < 4.78 is 4.74. The van der Waals surface area contributed by atoms with Crippen LogP contribution in [-0.2, 0) is 9.53 Å². The Bertz CT molecular complexity index is 145. The van der Waals surface area contributed by atoms with Crippen LogP contribution in [0.1, 0.15) is 20.3 Å². The Morgan fingerprint density at radius 2 is 2.17 bits per heavy atom. The topological polar surface area (TPSA) is 58.6 Å². The number of nitrogens with one attached hydrogen (secondary N) is 1. The summed E-state index contributed by atoms with van der Waals surface area (Å²) in [6.45, 7) is 3.87. The molecule has 0 aliphatic heterocycles. The van der Waals surface area contributed by atoms with Crippen LogP contribution in [0.4, 0.5) is 0 Å². The van der Waals surface area contributed by atoms with Crippen LogP contribution in [0, 0.1) is 0 Å². The first-order chi connectivity index (χ1) is 5.52. The van der Waals surface area contributed by atoms with Crippen LogP contribution in [0.25, 0.3) is 0 Å². The first-order valence-electron chi connectivity index (χ1n) is 3.92. The molecule has 72 valence electrons. The molecular weight excluding hydrogens is 158 g/mol. The summed E-state index contributed by atoms with van der Waals surface area (Å²) in [4.78, 5) is 11.1. The van der Waals surface area contributed by atoms with Crippen LogP contribution in [0.15, 0.2) is 0 Å². The van der Waals surface area contributed by atoms with E-state index in [2.05, 4.69) is 5.32 Å². The average Bonchev–Trinajstić information content (AvgIpc) is 2.00. The third-order valence-corrected chi connectivity index (χ3v) is 1.41. The van der Waals surface area contributed by atoms with E-state index in [-0.39, 0.29) is 12.5 Å². The first-order valence-corrected chi connectivity index (χ1v) is 3.92. The number of aliphatic hydroxyl groups is 1. The third kappa shape index (κ3) is 5.09. The van der Waals surface area contributed by atoms with Gasteiger partial charge in [-0.3, -0.25) is 4.79 Å². The largest absolute Gasteiger partial charge is 0.394 e. The van der Waals surface area contributed by atoms with E-state index >= 15 is 0 Å². The van der Waals surface area contributed by atoms with Crippen molar-refractivity contribution in [3.05, 3.63) is 0 Å². The van der Waals surface area contributed by atoms with Gasteiger partial charge < -0.3 is 15.2 Å². The van der Waals surface area contributed by atoms with E-state index < -0.39 is 5.54 Å². The lowest BCUT2D eigenvalue weighted by Crippen LogP contribution is -2.46. The molecular formula is C8H17NO3. The number of aliphatic hydroxyl groups excluding tert-OH is 1. The molecule has 0 rings (SSSR count). The van der Waals surface area contributed by atoms with Gasteiger partial charge in [0.25, 0.3) is 0 Å². The van der Waals surface area contributed by atoms with Crippen molar-refractivity contribution >= 4 is 5.91 Å². The van der Waals surface area contributed by atoms with Crippen LogP contribution in [0.2, 0.25) is 0 Å². The molecule has 0 unspecified atom stereocenters. The molecule has 0 aliphatic rings. The monoisotopic (exact) mass is 175 g/mol. The third-order valence-electron chi connectivity index (χ3n) is 1.41. The highest BCUT2D eigenvalue weighted by molar-refractivity contribution is 5.76. The molecule has 12 heavy (non-hydrogen) atoms. The van der Waals surface area contributed by atoms with Crippen molar-refractivity contribution in [2.45, 2.75) is 25.8 Å². The second kappa shape index (κ2) is 5.11. The van der Waals surface area contributed by atoms with Crippen molar-refractivity contribution in [3.8, 4) is 0 Å². The van der Waals surface area contributed by atoms with Gasteiger partial charge in [0.2, 0.25) is 5.91 Å². The second-order valence-corrected chi connectivity index (χ2v) is 3.33. The second-order valence-electron chi connectivity index (χ2n) is 3.33. The predicted octanol–water partition coefficient (Wildman–Crippen LogP) is -0.0900. The molecule has 4 heteroatoms. The van der Waals surface area contributed by atoms with E-state index in [4.69, 9.17) is 9.84 Å². The van der Waals surface area contributed by atoms with Gasteiger partial charge in [0, 0.05) is 13.5 Å². The van der Waals surface area contributed by atoms with Crippen LogP contribution < -0.4 is 5.32 Å². The lowest BCUT2D eigenvalue weighted by Gasteiger charge is -2.23. The molecule has 0 radical (unpaired) electrons. The zero-order valence-electron chi connectivity index (χ0n) is 7.89. The molecule has 0 aliphatic carbocycles. The van der Waals surface area contributed by atoms with E-state index in [9.17, 15) is 4.79 Å². The molecule has 0 spiro atoms. The highest BCUT2D eigenvalue weighted by atomic mass is 16.5. The lowest BCUT2D eigenvalue weighted by molar-refractivity contribution is -0.124. The van der Waals surface area contributed by atoms with Crippen molar-refractivity contribution in [2.75, 3.05) is 20.3 Å². The van der Waals surface area contributed by atoms with Crippen LogP contribution in [-0.4, -0.2) is 36.9 Å². The number of ether oxygens (including phenoxy) is 1. The SMILES string of the molecule is COCCC(=O)NC(C)(C)CO. The summed E-state index contributed by atoms with van der Waals surface area (Å²) in [5.74, 6) is -0.101. The number of hydrogen-bond donors (Lipinski definition) is 2. The Morgan fingerprint density at radius 3 is 2.58 bits per heavy atom. The molecule has 0 saturated carbocycles. The Hall–Kier alpha value is -0.610. The van der Waals surface area contributed by atoms with Gasteiger partial charge in [0.15, 0.2) is 0 Å². The number of carbonyl (C=O) groups is 1. The van der Waals surface area contributed by atoms with E-state index in [1.165, 1.54) is 0 Å². The van der Waals surface area contributed by atoms with Crippen molar-refractivity contribution < 1.29 is 14.6 Å². The molecule has 0 heterocycles. The van der Waals surface area contributed by atoms with Crippen LogP contribution >= 0.6 is 0 Å². The van der Waals surface area contributed by atoms with Crippen molar-refractivity contribution in [3.63, 3.8) is 0 Å². The quantitative estimate of drug-likeness (QED) is 0.614. The molecule has 0 bridgehead atoms. The minimum atomic E-state index is -0.537. The Kier molecular flexibility index (Phi) is 4.85. The maximum Gasteiger partial charge on any atom is 0.222 e. The number of hydrogen-bond acceptors (Lipinski definition) is 3. The minimum Gasteiger partial charge on any atom is -0.394 e.